The van der Waals surface area contributed by atoms with E-state index in [1.165, 1.54) is 0 Å². The van der Waals surface area contributed by atoms with E-state index in [0.717, 1.165) is 10.0 Å². The minimum atomic E-state index is 0.367. The Morgan fingerprint density at radius 3 is 2.85 bits per heavy atom. The Kier molecular flexibility index (Phi) is 3.50. The van der Waals surface area contributed by atoms with Crippen molar-refractivity contribution in [2.24, 2.45) is 7.05 Å². The highest BCUT2D eigenvalue weighted by Crippen LogP contribution is 2.27. The first-order chi connectivity index (χ1) is 9.63. The van der Waals surface area contributed by atoms with E-state index in [1.54, 1.807) is 23.1 Å². The van der Waals surface area contributed by atoms with E-state index in [1.807, 2.05) is 25.4 Å². The molecule has 0 amide bonds. The van der Waals surface area contributed by atoms with Gasteiger partial charge in [-0.1, -0.05) is 11.6 Å². The van der Waals surface area contributed by atoms with Crippen LogP contribution in [0.3, 0.4) is 0 Å². The molecular weight excluding hydrogens is 342 g/mol. The predicted molar refractivity (Wildman–Crippen MR) is 80.2 cm³/mol. The first-order valence-electron chi connectivity index (χ1n) is 5.78. The molecule has 0 bridgehead atoms. The summed E-state index contributed by atoms with van der Waals surface area (Å²) in [6.45, 7) is 0. The fraction of sp³-hybridized carbons (Fsp3) is 0.0769. The molecule has 0 unspecified atom stereocenters. The smallest absolute Gasteiger partial charge is 0.181 e. The van der Waals surface area contributed by atoms with Crippen LogP contribution in [0.4, 0.5) is 0 Å². The van der Waals surface area contributed by atoms with E-state index < -0.39 is 0 Å². The summed E-state index contributed by atoms with van der Waals surface area (Å²) in [5, 5.41) is 4.50. The van der Waals surface area contributed by atoms with Gasteiger partial charge >= 0.3 is 0 Å². The van der Waals surface area contributed by atoms with Gasteiger partial charge < -0.3 is 0 Å². The summed E-state index contributed by atoms with van der Waals surface area (Å²) in [7, 11) is 1.85. The summed E-state index contributed by atoms with van der Waals surface area (Å²) in [4.78, 5) is 13.0. The van der Waals surface area contributed by atoms with Crippen LogP contribution in [0.25, 0.3) is 22.8 Å². The zero-order valence-electron chi connectivity index (χ0n) is 10.5. The predicted octanol–water partition coefficient (Wildman–Crippen LogP) is 3.36. The van der Waals surface area contributed by atoms with Gasteiger partial charge in [-0.05, 0) is 28.1 Å². The second-order valence-corrected chi connectivity index (χ2v) is 5.38. The van der Waals surface area contributed by atoms with Crippen molar-refractivity contribution in [3.8, 4) is 22.8 Å². The number of pyridine rings is 1. The normalized spacial score (nSPS) is 10.8. The van der Waals surface area contributed by atoms with Crippen LogP contribution in [0.15, 0.2) is 41.3 Å². The van der Waals surface area contributed by atoms with Crippen molar-refractivity contribution >= 4 is 27.5 Å². The van der Waals surface area contributed by atoms with Crippen LogP contribution in [0.2, 0.25) is 5.15 Å². The van der Waals surface area contributed by atoms with Gasteiger partial charge in [-0.2, -0.15) is 5.10 Å². The molecule has 3 aromatic heterocycles. The molecule has 0 fully saturated rings. The highest BCUT2D eigenvalue weighted by Gasteiger charge is 2.12. The fourth-order valence-corrected chi connectivity index (χ4v) is 2.39. The van der Waals surface area contributed by atoms with Gasteiger partial charge in [0, 0.05) is 35.5 Å². The molecule has 0 aliphatic heterocycles. The Morgan fingerprint density at radius 1 is 1.30 bits per heavy atom. The number of rotatable bonds is 2. The summed E-state index contributed by atoms with van der Waals surface area (Å²) < 4.78 is 2.53. The van der Waals surface area contributed by atoms with E-state index in [2.05, 4.69) is 36.0 Å². The Morgan fingerprint density at radius 2 is 2.15 bits per heavy atom. The Labute approximate surface area is 128 Å². The largest absolute Gasteiger partial charge is 0.275 e. The monoisotopic (exact) mass is 349 g/mol. The molecule has 0 aromatic carbocycles. The first-order valence-corrected chi connectivity index (χ1v) is 6.95. The average Bonchev–Trinajstić information content (AvgIpc) is 2.85. The summed E-state index contributed by atoms with van der Waals surface area (Å²) in [5.41, 5.74) is 2.25. The number of aryl methyl sites for hydroxylation is 1. The minimum Gasteiger partial charge on any atom is -0.275 e. The lowest BCUT2D eigenvalue weighted by Crippen LogP contribution is -1.95. The maximum Gasteiger partial charge on any atom is 0.181 e. The van der Waals surface area contributed by atoms with Crippen LogP contribution >= 0.6 is 27.5 Å². The summed E-state index contributed by atoms with van der Waals surface area (Å²) in [6.07, 6.45) is 5.29. The van der Waals surface area contributed by atoms with Crippen LogP contribution in [0.5, 0.6) is 0 Å². The molecule has 5 nitrogen and oxygen atoms in total. The van der Waals surface area contributed by atoms with Crippen LogP contribution in [-0.2, 0) is 7.05 Å². The maximum atomic E-state index is 6.09. The molecule has 100 valence electrons. The molecule has 0 atom stereocenters. The zero-order chi connectivity index (χ0) is 14.1. The van der Waals surface area contributed by atoms with E-state index in [0.29, 0.717) is 22.4 Å². The second-order valence-electron chi connectivity index (χ2n) is 4.14. The van der Waals surface area contributed by atoms with Gasteiger partial charge in [-0.15, -0.1) is 0 Å². The lowest BCUT2D eigenvalue weighted by Gasteiger charge is -2.04. The van der Waals surface area contributed by atoms with Gasteiger partial charge in [0.15, 0.2) is 5.82 Å². The number of hydrogen-bond acceptors (Lipinski definition) is 4. The number of aromatic nitrogens is 5. The molecule has 0 saturated heterocycles. The molecule has 3 aromatic rings. The highest BCUT2D eigenvalue weighted by molar-refractivity contribution is 9.10. The molecular formula is C13H9BrClN5. The van der Waals surface area contributed by atoms with Gasteiger partial charge in [0.05, 0.1) is 11.9 Å². The minimum absolute atomic E-state index is 0.367. The molecule has 0 N–H and O–H groups in total. The third-order valence-electron chi connectivity index (χ3n) is 2.67. The lowest BCUT2D eigenvalue weighted by atomic mass is 10.2. The molecule has 0 aliphatic carbocycles. The Balaban J connectivity index is 2.14. The van der Waals surface area contributed by atoms with Gasteiger partial charge in [0.1, 0.15) is 10.8 Å². The summed E-state index contributed by atoms with van der Waals surface area (Å²) >= 11 is 9.53. The van der Waals surface area contributed by atoms with Crippen molar-refractivity contribution < 1.29 is 0 Å². The van der Waals surface area contributed by atoms with Gasteiger partial charge in [0.2, 0.25) is 0 Å². The molecule has 7 heteroatoms. The summed E-state index contributed by atoms with van der Waals surface area (Å²) in [5.74, 6) is 0.476. The molecule has 0 aliphatic rings. The van der Waals surface area contributed by atoms with Crippen molar-refractivity contribution in [3.63, 3.8) is 0 Å². The topological polar surface area (TPSA) is 56.5 Å². The molecule has 0 saturated carbocycles. The second kappa shape index (κ2) is 5.30. The van der Waals surface area contributed by atoms with Crippen molar-refractivity contribution in [1.29, 1.82) is 0 Å². The van der Waals surface area contributed by atoms with Crippen molar-refractivity contribution in [1.82, 2.24) is 24.7 Å². The number of hydrogen-bond donors (Lipinski definition) is 0. The lowest BCUT2D eigenvalue weighted by molar-refractivity contribution is 0.768. The first kappa shape index (κ1) is 13.2. The highest BCUT2D eigenvalue weighted by atomic mass is 79.9. The Bertz CT molecular complexity index is 771. The van der Waals surface area contributed by atoms with E-state index in [9.17, 15) is 0 Å². The standard InChI is InChI=1S/C13H9BrClN5/c1-20-7-8(6-17-20)10-5-11(15)19-13(18-10)12-9(14)3-2-4-16-12/h2-7H,1H3. The van der Waals surface area contributed by atoms with Gasteiger partial charge in [-0.3, -0.25) is 9.67 Å². The van der Waals surface area contributed by atoms with Gasteiger partial charge in [-0.25, -0.2) is 9.97 Å². The summed E-state index contributed by atoms with van der Waals surface area (Å²) in [6, 6.07) is 5.43. The molecule has 0 radical (unpaired) electrons. The van der Waals surface area contributed by atoms with Crippen molar-refractivity contribution in [2.45, 2.75) is 0 Å². The van der Waals surface area contributed by atoms with E-state index in [4.69, 9.17) is 11.6 Å². The SMILES string of the molecule is Cn1cc(-c2cc(Cl)nc(-c3ncccc3Br)n2)cn1. The quantitative estimate of drug-likeness (QED) is 0.665. The van der Waals surface area contributed by atoms with Crippen LogP contribution in [0.1, 0.15) is 0 Å². The fourth-order valence-electron chi connectivity index (χ4n) is 1.78. The van der Waals surface area contributed by atoms with Crippen molar-refractivity contribution in [2.75, 3.05) is 0 Å². The third kappa shape index (κ3) is 2.57. The maximum absolute atomic E-state index is 6.09. The average molecular weight is 351 g/mol. The molecule has 3 heterocycles. The van der Waals surface area contributed by atoms with Crippen LogP contribution in [0, 0.1) is 0 Å². The van der Waals surface area contributed by atoms with E-state index in [-0.39, 0.29) is 0 Å². The number of halogens is 2. The Hall–Kier alpha value is -1.79. The van der Waals surface area contributed by atoms with Crippen LogP contribution in [-0.4, -0.2) is 24.7 Å². The van der Waals surface area contributed by atoms with Crippen molar-refractivity contribution in [3.05, 3.63) is 46.4 Å². The number of nitrogens with zero attached hydrogens (tertiary/aromatic N) is 5. The molecule has 0 spiro atoms. The van der Waals surface area contributed by atoms with Crippen LogP contribution < -0.4 is 0 Å². The zero-order valence-corrected chi connectivity index (χ0v) is 12.8. The molecule has 3 rings (SSSR count). The van der Waals surface area contributed by atoms with Gasteiger partial charge in [0.25, 0.3) is 0 Å². The molecule has 20 heavy (non-hydrogen) atoms. The third-order valence-corrected chi connectivity index (χ3v) is 3.50. The van der Waals surface area contributed by atoms with E-state index >= 15 is 0 Å².